The van der Waals surface area contributed by atoms with Gasteiger partial charge in [-0.05, 0) is 25.3 Å². The number of pyridine rings is 1. The second-order valence-corrected chi connectivity index (χ2v) is 6.90. The van der Waals surface area contributed by atoms with Crippen molar-refractivity contribution in [3.05, 3.63) is 30.4 Å². The van der Waals surface area contributed by atoms with Crippen LogP contribution in [0.2, 0.25) is 0 Å². The molecule has 1 aliphatic carbocycles. The van der Waals surface area contributed by atoms with E-state index in [9.17, 15) is 14.9 Å². The van der Waals surface area contributed by atoms with Gasteiger partial charge in [-0.1, -0.05) is 6.92 Å². The third kappa shape index (κ3) is 5.27. The minimum atomic E-state index is -0.591. The van der Waals surface area contributed by atoms with Gasteiger partial charge in [0.05, 0.1) is 30.4 Å². The van der Waals surface area contributed by atoms with Gasteiger partial charge in [0.1, 0.15) is 12.1 Å². The summed E-state index contributed by atoms with van der Waals surface area (Å²) >= 11 is 0. The van der Waals surface area contributed by atoms with Crippen LogP contribution in [0.25, 0.3) is 11.3 Å². The largest absolute Gasteiger partial charge is 0.395 e. The number of aliphatic hydroxyl groups excluding tert-OH is 1. The SMILES string of the molecule is CC[C@H](Nc1cc(-c2cnc(NC(=O)C3CC3)cn2)cnc1C#N)C(=O)NCCO. The lowest BCUT2D eigenvalue weighted by molar-refractivity contribution is -0.122. The van der Waals surface area contributed by atoms with E-state index in [-0.39, 0.29) is 36.6 Å². The smallest absolute Gasteiger partial charge is 0.242 e. The number of nitrogens with zero attached hydrogens (tertiary/aromatic N) is 4. The minimum Gasteiger partial charge on any atom is -0.395 e. The van der Waals surface area contributed by atoms with Crippen molar-refractivity contribution in [2.24, 2.45) is 5.92 Å². The van der Waals surface area contributed by atoms with Gasteiger partial charge in [-0.25, -0.2) is 9.97 Å². The molecule has 0 aromatic carbocycles. The topological polar surface area (TPSA) is 153 Å². The highest BCUT2D eigenvalue weighted by Crippen LogP contribution is 2.30. The predicted octanol–water partition coefficient (Wildman–Crippen LogP) is 1.06. The first-order valence-electron chi connectivity index (χ1n) is 9.74. The van der Waals surface area contributed by atoms with Crippen molar-refractivity contribution in [3.63, 3.8) is 0 Å². The third-order valence-corrected chi connectivity index (χ3v) is 4.61. The zero-order valence-electron chi connectivity index (χ0n) is 16.6. The fourth-order valence-electron chi connectivity index (χ4n) is 2.76. The maximum absolute atomic E-state index is 12.2. The normalized spacial score (nSPS) is 13.8. The van der Waals surface area contributed by atoms with Gasteiger partial charge in [0, 0.05) is 24.2 Å². The van der Waals surface area contributed by atoms with Crippen molar-refractivity contribution >= 4 is 23.3 Å². The van der Waals surface area contributed by atoms with Crippen LogP contribution >= 0.6 is 0 Å². The number of aliphatic hydroxyl groups is 1. The summed E-state index contributed by atoms with van der Waals surface area (Å²) < 4.78 is 0. The number of carbonyl (C=O) groups is 2. The van der Waals surface area contributed by atoms with Gasteiger partial charge >= 0.3 is 0 Å². The molecular weight excluding hydrogens is 386 g/mol. The van der Waals surface area contributed by atoms with E-state index in [4.69, 9.17) is 5.11 Å². The number of aromatic nitrogens is 3. The van der Waals surface area contributed by atoms with Gasteiger partial charge in [-0.3, -0.25) is 14.6 Å². The van der Waals surface area contributed by atoms with Crippen molar-refractivity contribution in [2.75, 3.05) is 23.8 Å². The summed E-state index contributed by atoms with van der Waals surface area (Å²) in [6.07, 6.45) is 6.77. The van der Waals surface area contributed by atoms with Crippen LogP contribution in [0.3, 0.4) is 0 Å². The van der Waals surface area contributed by atoms with Crippen LogP contribution in [-0.4, -0.2) is 51.1 Å². The summed E-state index contributed by atoms with van der Waals surface area (Å²) in [5, 5.41) is 26.6. The van der Waals surface area contributed by atoms with E-state index in [0.717, 1.165) is 12.8 Å². The second kappa shape index (κ2) is 9.76. The number of nitriles is 1. The first kappa shape index (κ1) is 21.1. The molecule has 10 heteroatoms. The highest BCUT2D eigenvalue weighted by molar-refractivity contribution is 5.93. The van der Waals surface area contributed by atoms with Crippen LogP contribution < -0.4 is 16.0 Å². The third-order valence-electron chi connectivity index (χ3n) is 4.61. The lowest BCUT2D eigenvalue weighted by atomic mass is 10.1. The van der Waals surface area contributed by atoms with E-state index in [1.54, 1.807) is 6.07 Å². The van der Waals surface area contributed by atoms with Crippen LogP contribution in [0.5, 0.6) is 0 Å². The van der Waals surface area contributed by atoms with Crippen LogP contribution in [0.4, 0.5) is 11.5 Å². The molecule has 1 saturated carbocycles. The molecule has 0 aliphatic heterocycles. The predicted molar refractivity (Wildman–Crippen MR) is 109 cm³/mol. The average molecular weight is 409 g/mol. The van der Waals surface area contributed by atoms with Crippen molar-refractivity contribution in [1.29, 1.82) is 5.26 Å². The molecule has 2 aromatic rings. The molecule has 0 spiro atoms. The van der Waals surface area contributed by atoms with E-state index >= 15 is 0 Å². The van der Waals surface area contributed by atoms with Gasteiger partial charge in [-0.2, -0.15) is 5.26 Å². The zero-order chi connectivity index (χ0) is 21.5. The summed E-state index contributed by atoms with van der Waals surface area (Å²) in [5.41, 5.74) is 1.66. The van der Waals surface area contributed by atoms with Gasteiger partial charge < -0.3 is 21.1 Å². The van der Waals surface area contributed by atoms with E-state index in [0.29, 0.717) is 29.2 Å². The van der Waals surface area contributed by atoms with Crippen LogP contribution in [0.15, 0.2) is 24.7 Å². The fourth-order valence-corrected chi connectivity index (χ4v) is 2.76. The van der Waals surface area contributed by atoms with Crippen molar-refractivity contribution in [2.45, 2.75) is 32.2 Å². The number of hydrogen-bond acceptors (Lipinski definition) is 8. The first-order valence-corrected chi connectivity index (χ1v) is 9.74. The molecule has 0 saturated heterocycles. The second-order valence-electron chi connectivity index (χ2n) is 6.90. The average Bonchev–Trinajstić information content (AvgIpc) is 3.61. The summed E-state index contributed by atoms with van der Waals surface area (Å²) in [7, 11) is 0. The summed E-state index contributed by atoms with van der Waals surface area (Å²) in [4.78, 5) is 36.7. The van der Waals surface area contributed by atoms with E-state index in [2.05, 4.69) is 30.9 Å². The van der Waals surface area contributed by atoms with Gasteiger partial charge in [0.15, 0.2) is 11.5 Å². The molecule has 3 rings (SSSR count). The number of nitrogens with one attached hydrogen (secondary N) is 3. The van der Waals surface area contributed by atoms with Crippen LogP contribution in [0, 0.1) is 17.2 Å². The summed E-state index contributed by atoms with van der Waals surface area (Å²) in [5.74, 6) is 0.121. The monoisotopic (exact) mass is 409 g/mol. The number of amides is 2. The van der Waals surface area contributed by atoms with E-state index in [1.807, 2.05) is 13.0 Å². The Morgan fingerprint density at radius 2 is 2.07 bits per heavy atom. The Bertz CT molecular complexity index is 952. The highest BCUT2D eigenvalue weighted by Gasteiger charge is 2.29. The molecule has 2 heterocycles. The minimum absolute atomic E-state index is 0.0475. The Hall–Kier alpha value is -3.58. The Morgan fingerprint density at radius 1 is 1.27 bits per heavy atom. The van der Waals surface area contributed by atoms with Crippen LogP contribution in [-0.2, 0) is 9.59 Å². The molecule has 1 aliphatic rings. The zero-order valence-corrected chi connectivity index (χ0v) is 16.6. The molecule has 0 bridgehead atoms. The molecule has 0 unspecified atom stereocenters. The number of rotatable bonds is 9. The lowest BCUT2D eigenvalue weighted by Gasteiger charge is -2.18. The van der Waals surface area contributed by atoms with Gasteiger partial charge in [0.2, 0.25) is 11.8 Å². The summed E-state index contributed by atoms with van der Waals surface area (Å²) in [6.45, 7) is 1.83. The Morgan fingerprint density at radius 3 is 2.67 bits per heavy atom. The van der Waals surface area contributed by atoms with E-state index < -0.39 is 6.04 Å². The Labute approximate surface area is 173 Å². The van der Waals surface area contributed by atoms with Crippen molar-refractivity contribution < 1.29 is 14.7 Å². The fraction of sp³-hybridized carbons (Fsp3) is 0.400. The summed E-state index contributed by atoms with van der Waals surface area (Å²) in [6, 6.07) is 3.09. The molecule has 2 aromatic heterocycles. The maximum Gasteiger partial charge on any atom is 0.242 e. The van der Waals surface area contributed by atoms with Gasteiger partial charge in [0.25, 0.3) is 0 Å². The molecule has 2 amide bonds. The quantitative estimate of drug-likeness (QED) is 0.479. The van der Waals surface area contributed by atoms with Crippen LogP contribution in [0.1, 0.15) is 31.9 Å². The van der Waals surface area contributed by atoms with Gasteiger partial charge in [-0.15, -0.1) is 0 Å². The number of carbonyl (C=O) groups excluding carboxylic acids is 2. The number of hydrogen-bond donors (Lipinski definition) is 4. The van der Waals surface area contributed by atoms with E-state index in [1.165, 1.54) is 18.6 Å². The molecule has 1 fully saturated rings. The molecule has 4 N–H and O–H groups in total. The first-order chi connectivity index (χ1) is 14.5. The lowest BCUT2D eigenvalue weighted by Crippen LogP contribution is -2.40. The molecule has 156 valence electrons. The number of anilines is 2. The highest BCUT2D eigenvalue weighted by atomic mass is 16.3. The van der Waals surface area contributed by atoms with Crippen molar-refractivity contribution in [3.8, 4) is 17.3 Å². The molecular formula is C20H23N7O3. The molecule has 1 atom stereocenters. The molecule has 10 nitrogen and oxygen atoms in total. The standard InChI is InChI=1S/C20H23N7O3/c1-2-14(20(30)22-5-6-28)26-15-7-13(9-23-16(15)8-21)17-10-25-18(11-24-17)27-19(29)12-3-4-12/h7,9-12,14,26,28H,2-6H2,1H3,(H,22,30)(H,25,27,29)/t14-/m0/s1. The Balaban J connectivity index is 1.77. The molecule has 0 radical (unpaired) electrons. The van der Waals surface area contributed by atoms with Crippen molar-refractivity contribution in [1.82, 2.24) is 20.3 Å². The molecule has 30 heavy (non-hydrogen) atoms. The maximum atomic E-state index is 12.2. The Kier molecular flexibility index (Phi) is 6.87.